The van der Waals surface area contributed by atoms with Gasteiger partial charge in [-0.3, -0.25) is 0 Å². The summed E-state index contributed by atoms with van der Waals surface area (Å²) in [6, 6.07) is 177. The molecule has 20 aromatic carbocycles. The van der Waals surface area contributed by atoms with Gasteiger partial charge in [0.25, 0.3) is 17.7 Å². The summed E-state index contributed by atoms with van der Waals surface area (Å²) in [5.41, 5.74) is 27.9. The Hall–Kier alpha value is -18.5. The van der Waals surface area contributed by atoms with Gasteiger partial charge in [-0.05, 0) is 242 Å². The Labute approximate surface area is 781 Å². The number of hydrogen-bond acceptors (Lipinski definition) is 12. The van der Waals surface area contributed by atoms with Crippen LogP contribution in [0.15, 0.2) is 523 Å². The molecular weight excluding hydrogens is 1650 g/mol. The van der Waals surface area contributed by atoms with Crippen LogP contribution in [0.5, 0.6) is 0 Å². The second kappa shape index (κ2) is 37.7. The van der Waals surface area contributed by atoms with Crippen LogP contribution in [0.2, 0.25) is 0 Å². The Morgan fingerprint density at radius 1 is 0.170 bits per heavy atom. The molecule has 4 heterocycles. The summed E-state index contributed by atoms with van der Waals surface area (Å²) in [6.07, 6.45) is 0. The summed E-state index contributed by atoms with van der Waals surface area (Å²) in [4.78, 5) is 20.7. The van der Waals surface area contributed by atoms with Crippen molar-refractivity contribution >= 4 is 94.5 Å². The topological polar surface area (TPSA) is 131 Å². The second-order valence-corrected chi connectivity index (χ2v) is 32.7. The second-order valence-electron chi connectivity index (χ2n) is 32.7. The standard InChI is InChI=1S/C46H31N3O.C38H26N4O.C38H27N3O/c1-2-11-36(12-3-1)45-47-46(50-48-45)37-23-29-42(30-24-37)49(40-25-19-33(20-26-40)39-18-17-32-9-4-5-13-38(32)31-39)41-27-21-35(22-28-41)44-16-8-14-34-10-6-7-15-43(34)44;1-3-11-27(12-4-1)37-39-38(43-40-37)28-19-21-30(22-20-28)41(29-13-5-2-6-14-29)31-23-25-32(26-24-31)42-35-17-9-7-15-33(35)34-16-8-10-18-36(34)42;1-4-10-28(11-5-1)30-16-22-34(23-17-30)41(35-24-18-31(19-25-35)29-12-6-2-7-13-29)36-26-20-33(21-27-36)38-39-37(40-42-38)32-14-8-3-9-15-32/h1-31H;1-26H;1-27H. The molecule has 0 N–H and O–H groups in total. The molecule has 0 bridgehead atoms. The summed E-state index contributed by atoms with van der Waals surface area (Å²) in [6.45, 7) is 0. The van der Waals surface area contributed by atoms with E-state index in [0.29, 0.717) is 35.1 Å². The zero-order valence-corrected chi connectivity index (χ0v) is 73.2. The molecule has 0 aliphatic rings. The molecule has 0 aliphatic heterocycles. The van der Waals surface area contributed by atoms with Crippen molar-refractivity contribution in [3.8, 4) is 119 Å². The van der Waals surface area contributed by atoms with Crippen molar-refractivity contribution in [1.29, 1.82) is 0 Å². The highest BCUT2D eigenvalue weighted by Crippen LogP contribution is 2.44. The lowest BCUT2D eigenvalue weighted by atomic mass is 9.98. The molecule has 24 aromatic rings. The van der Waals surface area contributed by atoms with Gasteiger partial charge in [0, 0.05) is 101 Å². The maximum absolute atomic E-state index is 5.67. The van der Waals surface area contributed by atoms with Crippen molar-refractivity contribution in [3.63, 3.8) is 0 Å². The Bertz CT molecular complexity index is 8010. The Balaban J connectivity index is 0.000000118. The quantitative estimate of drug-likeness (QED) is 0.0720. The van der Waals surface area contributed by atoms with E-state index in [4.69, 9.17) is 13.6 Å². The minimum absolute atomic E-state index is 0.487. The van der Waals surface area contributed by atoms with E-state index in [9.17, 15) is 0 Å². The Morgan fingerprint density at radius 3 is 0.807 bits per heavy atom. The van der Waals surface area contributed by atoms with E-state index in [1.54, 1.807) is 0 Å². The molecular formula is C122H84N10O3. The summed E-state index contributed by atoms with van der Waals surface area (Å²) >= 11 is 0. The number of aromatic nitrogens is 7. The first-order chi connectivity index (χ1) is 66.9. The summed E-state index contributed by atoms with van der Waals surface area (Å²) in [5, 5.41) is 20.1. The number of nitrogens with zero attached hydrogens (tertiary/aromatic N) is 10. The van der Waals surface area contributed by atoms with Crippen LogP contribution in [-0.4, -0.2) is 35.0 Å². The molecule has 0 amide bonds. The summed E-state index contributed by atoms with van der Waals surface area (Å²) in [5.74, 6) is 3.20. The number of benzene rings is 20. The lowest BCUT2D eigenvalue weighted by molar-refractivity contribution is 0.432. The maximum Gasteiger partial charge on any atom is 0.258 e. The molecule has 0 saturated carbocycles. The first-order valence-corrected chi connectivity index (χ1v) is 44.9. The highest BCUT2D eigenvalue weighted by Gasteiger charge is 2.23. The Kier molecular flexibility index (Phi) is 23.0. The maximum atomic E-state index is 5.67. The average Bonchev–Trinajstić information content (AvgIpc) is 1.58. The van der Waals surface area contributed by atoms with Gasteiger partial charge in [0.05, 0.1) is 11.0 Å². The van der Waals surface area contributed by atoms with Gasteiger partial charge in [-0.25, -0.2) is 0 Å². The van der Waals surface area contributed by atoms with Crippen molar-refractivity contribution in [3.05, 3.63) is 510 Å². The predicted molar refractivity (Wildman–Crippen MR) is 551 cm³/mol. The minimum atomic E-state index is 0.487. The van der Waals surface area contributed by atoms with Crippen LogP contribution in [0.3, 0.4) is 0 Å². The highest BCUT2D eigenvalue weighted by atomic mass is 16.5. The normalized spacial score (nSPS) is 11.1. The monoisotopic (exact) mass is 1740 g/mol. The number of hydrogen-bond donors (Lipinski definition) is 0. The number of rotatable bonds is 20. The van der Waals surface area contributed by atoms with E-state index in [1.807, 2.05) is 146 Å². The summed E-state index contributed by atoms with van der Waals surface area (Å²) in [7, 11) is 0. The van der Waals surface area contributed by atoms with Gasteiger partial charge < -0.3 is 32.8 Å². The van der Waals surface area contributed by atoms with E-state index in [1.165, 1.54) is 87.9 Å². The van der Waals surface area contributed by atoms with Crippen LogP contribution in [0.25, 0.3) is 162 Å². The van der Waals surface area contributed by atoms with Crippen molar-refractivity contribution < 1.29 is 13.6 Å². The number of anilines is 9. The molecule has 135 heavy (non-hydrogen) atoms. The lowest BCUT2D eigenvalue weighted by Gasteiger charge is -2.26. The highest BCUT2D eigenvalue weighted by molar-refractivity contribution is 6.09. The molecule has 0 radical (unpaired) electrons. The van der Waals surface area contributed by atoms with Crippen LogP contribution in [0.4, 0.5) is 51.2 Å². The Morgan fingerprint density at radius 2 is 0.430 bits per heavy atom. The van der Waals surface area contributed by atoms with Gasteiger partial charge >= 0.3 is 0 Å². The molecule has 0 fully saturated rings. The van der Waals surface area contributed by atoms with Crippen LogP contribution < -0.4 is 14.7 Å². The zero-order valence-electron chi connectivity index (χ0n) is 73.2. The van der Waals surface area contributed by atoms with E-state index in [-0.39, 0.29) is 0 Å². The van der Waals surface area contributed by atoms with Gasteiger partial charge in [-0.15, -0.1) is 0 Å². The zero-order chi connectivity index (χ0) is 90.0. The molecule has 13 heteroatoms. The molecule has 0 unspecified atom stereocenters. The third-order valence-corrected chi connectivity index (χ3v) is 24.4. The van der Waals surface area contributed by atoms with Crippen LogP contribution in [0, 0.1) is 0 Å². The molecule has 24 rings (SSSR count). The first-order valence-electron chi connectivity index (χ1n) is 44.9. The SMILES string of the molecule is c1ccc(-c2ccc(N(c3ccc(-c4ccccc4)cc3)c3ccc(-c4nc(-c5ccccc5)no4)cc3)cc2)cc1.c1ccc(-c2noc(-c3ccc(N(c4ccc(-c5ccc6ccccc6c5)cc4)c4ccc(-c5cccc6ccccc56)cc4)cc3)n2)cc1.c1ccc(-c2noc(-c3ccc(N(c4ccccc4)c4ccc(-n5c6ccccc6c6ccccc65)cc4)cc3)n2)cc1. The van der Waals surface area contributed by atoms with Gasteiger partial charge in [0.15, 0.2) is 0 Å². The fraction of sp³-hybridized carbons (Fsp3) is 0. The fourth-order valence-corrected chi connectivity index (χ4v) is 17.6. The van der Waals surface area contributed by atoms with Crippen molar-refractivity contribution in [2.45, 2.75) is 0 Å². The van der Waals surface area contributed by atoms with Crippen LogP contribution in [-0.2, 0) is 0 Å². The van der Waals surface area contributed by atoms with Crippen LogP contribution in [0.1, 0.15) is 0 Å². The molecule has 0 atom stereocenters. The van der Waals surface area contributed by atoms with Gasteiger partial charge in [0.2, 0.25) is 17.5 Å². The minimum Gasteiger partial charge on any atom is -0.334 e. The largest absolute Gasteiger partial charge is 0.334 e. The van der Waals surface area contributed by atoms with Gasteiger partial charge in [-0.1, -0.05) is 349 Å². The number of fused-ring (bicyclic) bond motifs is 5. The summed E-state index contributed by atoms with van der Waals surface area (Å²) < 4.78 is 19.2. The molecule has 0 spiro atoms. The van der Waals surface area contributed by atoms with Crippen LogP contribution >= 0.6 is 0 Å². The van der Waals surface area contributed by atoms with Gasteiger partial charge in [-0.2, -0.15) is 15.0 Å². The van der Waals surface area contributed by atoms with E-state index < -0.39 is 0 Å². The molecule has 13 nitrogen and oxygen atoms in total. The number of para-hydroxylation sites is 3. The van der Waals surface area contributed by atoms with Crippen molar-refractivity contribution in [2.75, 3.05) is 14.7 Å². The smallest absolute Gasteiger partial charge is 0.258 e. The van der Waals surface area contributed by atoms with E-state index in [0.717, 1.165) is 90.3 Å². The van der Waals surface area contributed by atoms with Crippen molar-refractivity contribution in [2.24, 2.45) is 0 Å². The average molecular weight is 1740 g/mol. The van der Waals surface area contributed by atoms with Gasteiger partial charge in [0.1, 0.15) is 0 Å². The van der Waals surface area contributed by atoms with E-state index in [2.05, 4.69) is 414 Å². The van der Waals surface area contributed by atoms with Crippen molar-refractivity contribution in [1.82, 2.24) is 35.0 Å². The molecule has 0 saturated heterocycles. The van der Waals surface area contributed by atoms with E-state index >= 15 is 0 Å². The molecule has 0 aliphatic carbocycles. The third-order valence-electron chi connectivity index (χ3n) is 24.4. The lowest BCUT2D eigenvalue weighted by Crippen LogP contribution is -2.10. The molecule has 640 valence electrons. The first kappa shape index (κ1) is 82.2. The third kappa shape index (κ3) is 17.5. The predicted octanol–water partition coefficient (Wildman–Crippen LogP) is 32.7. The molecule has 4 aromatic heterocycles. The fourth-order valence-electron chi connectivity index (χ4n) is 17.6.